The summed E-state index contributed by atoms with van der Waals surface area (Å²) in [5.74, 6) is 2.98. The quantitative estimate of drug-likeness (QED) is 0.542. The first-order valence-electron chi connectivity index (χ1n) is 8.59. The summed E-state index contributed by atoms with van der Waals surface area (Å²) in [6.45, 7) is 7.32. The van der Waals surface area contributed by atoms with Crippen molar-refractivity contribution in [3.8, 4) is 11.5 Å². The fourth-order valence-corrected chi connectivity index (χ4v) is 2.32. The number of nitrogens with one attached hydrogen (secondary N) is 2. The Bertz CT molecular complexity index is 747. The van der Waals surface area contributed by atoms with E-state index in [1.165, 1.54) is 0 Å². The smallest absolute Gasteiger partial charge is 0.213 e. The maximum atomic E-state index is 9.99. The summed E-state index contributed by atoms with van der Waals surface area (Å²) in [6.07, 6.45) is 2.42. The Morgan fingerprint density at radius 2 is 2.08 bits per heavy atom. The Kier molecular flexibility index (Phi) is 6.49. The van der Waals surface area contributed by atoms with Gasteiger partial charge in [-0.1, -0.05) is 26.8 Å². The fraction of sp³-hybridized carbons (Fsp3) is 0.474. The number of oxazole rings is 1. The Hall–Kier alpha value is -2.70. The van der Waals surface area contributed by atoms with E-state index < -0.39 is 0 Å². The van der Waals surface area contributed by atoms with E-state index in [0.717, 1.165) is 11.3 Å². The molecular formula is C19H28N4O3. The molecule has 7 heteroatoms. The number of nitrogens with zero attached hydrogens (tertiary/aromatic N) is 2. The molecular weight excluding hydrogens is 332 g/mol. The first kappa shape index (κ1) is 19.6. The summed E-state index contributed by atoms with van der Waals surface area (Å²) < 4.78 is 10.8. The molecule has 1 aromatic heterocycles. The highest BCUT2D eigenvalue weighted by Gasteiger charge is 2.19. The van der Waals surface area contributed by atoms with Gasteiger partial charge in [0.2, 0.25) is 5.89 Å². The second-order valence-electron chi connectivity index (χ2n) is 6.97. The summed E-state index contributed by atoms with van der Waals surface area (Å²) in [4.78, 5) is 8.47. The van der Waals surface area contributed by atoms with Gasteiger partial charge < -0.3 is 24.9 Å². The summed E-state index contributed by atoms with van der Waals surface area (Å²) >= 11 is 0. The molecule has 2 aromatic rings. The first-order valence-corrected chi connectivity index (χ1v) is 8.59. The summed E-state index contributed by atoms with van der Waals surface area (Å²) in [7, 11) is 3.28. The van der Waals surface area contributed by atoms with E-state index in [1.54, 1.807) is 26.4 Å². The first-order chi connectivity index (χ1) is 12.3. The van der Waals surface area contributed by atoms with Gasteiger partial charge in [0.1, 0.15) is 17.3 Å². The van der Waals surface area contributed by atoms with E-state index in [4.69, 9.17) is 9.15 Å². The highest BCUT2D eigenvalue weighted by Crippen LogP contribution is 2.23. The minimum absolute atomic E-state index is 0.0639. The molecule has 0 radical (unpaired) electrons. The average Bonchev–Trinajstić information content (AvgIpc) is 3.08. The lowest BCUT2D eigenvalue weighted by molar-refractivity contribution is 0.379. The molecule has 0 saturated carbocycles. The lowest BCUT2D eigenvalue weighted by Gasteiger charge is -2.13. The molecule has 26 heavy (non-hydrogen) atoms. The van der Waals surface area contributed by atoms with Crippen molar-refractivity contribution in [2.24, 2.45) is 4.99 Å². The molecule has 0 unspecified atom stereocenters. The van der Waals surface area contributed by atoms with Crippen molar-refractivity contribution in [3.05, 3.63) is 41.6 Å². The Labute approximate surface area is 154 Å². The second kappa shape index (κ2) is 8.60. The van der Waals surface area contributed by atoms with E-state index in [1.807, 2.05) is 12.1 Å². The van der Waals surface area contributed by atoms with Gasteiger partial charge in [0, 0.05) is 25.1 Å². The molecule has 0 aliphatic rings. The molecule has 1 heterocycles. The number of aliphatic imine (C=N–C) groups is 1. The zero-order chi connectivity index (χ0) is 19.2. The van der Waals surface area contributed by atoms with Crippen LogP contribution in [0.15, 0.2) is 33.8 Å². The molecule has 142 valence electrons. The van der Waals surface area contributed by atoms with Crippen LogP contribution < -0.4 is 15.4 Å². The second-order valence-corrected chi connectivity index (χ2v) is 6.97. The van der Waals surface area contributed by atoms with Crippen LogP contribution in [0.5, 0.6) is 11.5 Å². The largest absolute Gasteiger partial charge is 0.508 e. The Morgan fingerprint density at radius 1 is 1.31 bits per heavy atom. The minimum atomic E-state index is -0.0639. The van der Waals surface area contributed by atoms with Crippen LogP contribution in [0.2, 0.25) is 0 Å². The van der Waals surface area contributed by atoms with Crippen LogP contribution in [0.3, 0.4) is 0 Å². The van der Waals surface area contributed by atoms with Crippen LogP contribution in [0, 0.1) is 0 Å². The molecule has 0 spiro atoms. The van der Waals surface area contributed by atoms with Gasteiger partial charge in [-0.25, -0.2) is 4.98 Å². The zero-order valence-electron chi connectivity index (χ0n) is 16.1. The highest BCUT2D eigenvalue weighted by molar-refractivity contribution is 5.79. The third kappa shape index (κ3) is 5.40. The predicted octanol–water partition coefficient (Wildman–Crippen LogP) is 2.59. The molecule has 0 aliphatic heterocycles. The van der Waals surface area contributed by atoms with E-state index in [9.17, 15) is 5.11 Å². The van der Waals surface area contributed by atoms with Crippen molar-refractivity contribution >= 4 is 5.96 Å². The lowest BCUT2D eigenvalue weighted by atomic mass is 9.94. The SMILES string of the molecule is CN=C(NCCc1ccc(OC)cc1O)NCc1ncc(C(C)(C)C)o1. The van der Waals surface area contributed by atoms with E-state index in [2.05, 4.69) is 41.4 Å². The molecule has 7 nitrogen and oxygen atoms in total. The number of phenols is 1. The van der Waals surface area contributed by atoms with E-state index in [-0.39, 0.29) is 11.2 Å². The van der Waals surface area contributed by atoms with Gasteiger partial charge in [-0.2, -0.15) is 0 Å². The molecule has 0 aliphatic carbocycles. The third-order valence-corrected chi connectivity index (χ3v) is 3.90. The molecule has 0 bridgehead atoms. The predicted molar refractivity (Wildman–Crippen MR) is 102 cm³/mol. The minimum Gasteiger partial charge on any atom is -0.508 e. The number of aromatic nitrogens is 1. The van der Waals surface area contributed by atoms with Crippen LogP contribution in [0.4, 0.5) is 0 Å². The maximum Gasteiger partial charge on any atom is 0.213 e. The third-order valence-electron chi connectivity index (χ3n) is 3.90. The van der Waals surface area contributed by atoms with Crippen molar-refractivity contribution in [1.82, 2.24) is 15.6 Å². The number of hydrogen-bond acceptors (Lipinski definition) is 5. The number of benzene rings is 1. The fourth-order valence-electron chi connectivity index (χ4n) is 2.32. The van der Waals surface area contributed by atoms with Crippen LogP contribution >= 0.6 is 0 Å². The van der Waals surface area contributed by atoms with Crippen LogP contribution in [0.1, 0.15) is 38.0 Å². The van der Waals surface area contributed by atoms with Crippen molar-refractivity contribution in [2.45, 2.75) is 39.2 Å². The van der Waals surface area contributed by atoms with Crippen LogP contribution in [-0.4, -0.2) is 36.8 Å². The normalized spacial score (nSPS) is 12.1. The molecule has 1 aromatic carbocycles. The molecule has 0 amide bonds. The van der Waals surface area contributed by atoms with Crippen LogP contribution in [-0.2, 0) is 18.4 Å². The van der Waals surface area contributed by atoms with Crippen LogP contribution in [0.25, 0.3) is 0 Å². The average molecular weight is 360 g/mol. The number of ether oxygens (including phenoxy) is 1. The summed E-state index contributed by atoms with van der Waals surface area (Å²) in [5.41, 5.74) is 0.780. The van der Waals surface area contributed by atoms with Gasteiger partial charge in [-0.05, 0) is 18.1 Å². The summed E-state index contributed by atoms with van der Waals surface area (Å²) in [6, 6.07) is 5.29. The van der Waals surface area contributed by atoms with Crippen molar-refractivity contribution in [3.63, 3.8) is 0 Å². The highest BCUT2D eigenvalue weighted by atomic mass is 16.5. The molecule has 2 rings (SSSR count). The number of rotatable bonds is 6. The lowest BCUT2D eigenvalue weighted by Crippen LogP contribution is -2.37. The number of aromatic hydroxyl groups is 1. The maximum absolute atomic E-state index is 9.99. The Balaban J connectivity index is 1.82. The van der Waals surface area contributed by atoms with Crippen molar-refractivity contribution in [1.29, 1.82) is 0 Å². The van der Waals surface area contributed by atoms with Crippen molar-refractivity contribution < 1.29 is 14.3 Å². The van der Waals surface area contributed by atoms with Gasteiger partial charge in [0.25, 0.3) is 0 Å². The van der Waals surface area contributed by atoms with Gasteiger partial charge in [-0.3, -0.25) is 4.99 Å². The van der Waals surface area contributed by atoms with Gasteiger partial charge in [-0.15, -0.1) is 0 Å². The number of methoxy groups -OCH3 is 1. The van der Waals surface area contributed by atoms with Crippen molar-refractivity contribution in [2.75, 3.05) is 20.7 Å². The Morgan fingerprint density at radius 3 is 2.65 bits per heavy atom. The standard InChI is InChI=1S/C19H28N4O3/c1-19(2,3)16-11-22-17(26-16)12-23-18(20-4)21-9-8-13-6-7-14(25-5)10-15(13)24/h6-7,10-11,24H,8-9,12H2,1-5H3,(H2,20,21,23). The number of guanidine groups is 1. The van der Waals surface area contributed by atoms with E-state index >= 15 is 0 Å². The summed E-state index contributed by atoms with van der Waals surface area (Å²) in [5, 5.41) is 16.4. The zero-order valence-corrected chi connectivity index (χ0v) is 16.1. The molecule has 0 saturated heterocycles. The number of hydrogen-bond donors (Lipinski definition) is 3. The van der Waals surface area contributed by atoms with E-state index in [0.29, 0.717) is 37.1 Å². The molecule has 0 atom stereocenters. The molecule has 0 fully saturated rings. The van der Waals surface area contributed by atoms with Gasteiger partial charge in [0.05, 0.1) is 19.9 Å². The monoisotopic (exact) mass is 360 g/mol. The topological polar surface area (TPSA) is 91.9 Å². The van der Waals surface area contributed by atoms with Gasteiger partial charge in [0.15, 0.2) is 5.96 Å². The molecule has 3 N–H and O–H groups in total. The van der Waals surface area contributed by atoms with Gasteiger partial charge >= 0.3 is 0 Å². The number of phenolic OH excluding ortho intramolecular Hbond substituents is 1.